The van der Waals surface area contributed by atoms with E-state index in [9.17, 15) is 18.0 Å². The summed E-state index contributed by atoms with van der Waals surface area (Å²) >= 11 is 3.93. The predicted octanol–water partition coefficient (Wildman–Crippen LogP) is 1.08. The van der Waals surface area contributed by atoms with Gasteiger partial charge in [-0.1, -0.05) is 0 Å². The number of hydrogen-bond donors (Lipinski definition) is 1. The third-order valence-electron chi connectivity index (χ3n) is 1.56. The third kappa shape index (κ3) is 2.58. The summed E-state index contributed by atoms with van der Waals surface area (Å²) in [5.74, 6) is -0.465. The van der Waals surface area contributed by atoms with E-state index < -0.39 is 18.6 Å². The molecule has 1 aliphatic heterocycles. The van der Waals surface area contributed by atoms with Gasteiger partial charge in [0.05, 0.1) is 0 Å². The van der Waals surface area contributed by atoms with Crippen molar-refractivity contribution >= 4 is 18.5 Å². The van der Waals surface area contributed by atoms with E-state index in [0.29, 0.717) is 0 Å². The molecular formula is C6H8F3NOS. The Morgan fingerprint density at radius 2 is 2.17 bits per heavy atom. The summed E-state index contributed by atoms with van der Waals surface area (Å²) in [6, 6.07) is 0. The molecule has 1 heterocycles. The molecule has 1 amide bonds. The lowest BCUT2D eigenvalue weighted by Gasteiger charge is -2.17. The average Bonchev–Trinajstić information content (AvgIpc) is 2.06. The highest BCUT2D eigenvalue weighted by atomic mass is 32.1. The number of likely N-dealkylation sites (tertiary alicyclic amines) is 1. The highest BCUT2D eigenvalue weighted by Gasteiger charge is 2.37. The van der Waals surface area contributed by atoms with Gasteiger partial charge in [0, 0.05) is 18.2 Å². The van der Waals surface area contributed by atoms with Crippen LogP contribution in [0.15, 0.2) is 0 Å². The first-order valence-electron chi connectivity index (χ1n) is 3.41. The Kier molecular flexibility index (Phi) is 2.55. The number of carbonyl (C=O) groups is 1. The van der Waals surface area contributed by atoms with Crippen molar-refractivity contribution in [2.75, 3.05) is 13.1 Å². The van der Waals surface area contributed by atoms with Gasteiger partial charge in [0.15, 0.2) is 0 Å². The summed E-state index contributed by atoms with van der Waals surface area (Å²) in [7, 11) is 0. The Morgan fingerprint density at radius 1 is 1.58 bits per heavy atom. The second-order valence-corrected chi connectivity index (χ2v) is 3.48. The zero-order valence-corrected chi connectivity index (χ0v) is 7.03. The van der Waals surface area contributed by atoms with Crippen LogP contribution in [0.4, 0.5) is 13.2 Å². The Morgan fingerprint density at radius 3 is 2.50 bits per heavy atom. The second-order valence-electron chi connectivity index (χ2n) is 2.75. The number of amides is 1. The van der Waals surface area contributed by atoms with Crippen molar-refractivity contribution < 1.29 is 18.0 Å². The first-order chi connectivity index (χ1) is 5.38. The molecule has 0 aromatic heterocycles. The maximum Gasteiger partial charge on any atom is 0.406 e. The summed E-state index contributed by atoms with van der Waals surface area (Å²) in [6.07, 6.45) is -4.19. The highest BCUT2D eigenvalue weighted by Crippen LogP contribution is 2.22. The average molecular weight is 199 g/mol. The van der Waals surface area contributed by atoms with Gasteiger partial charge >= 0.3 is 6.18 Å². The van der Waals surface area contributed by atoms with Crippen molar-refractivity contribution in [1.29, 1.82) is 0 Å². The molecule has 1 atom stereocenters. The molecule has 0 bridgehead atoms. The van der Waals surface area contributed by atoms with Gasteiger partial charge < -0.3 is 4.90 Å². The topological polar surface area (TPSA) is 20.3 Å². The van der Waals surface area contributed by atoms with Crippen molar-refractivity contribution in [1.82, 2.24) is 4.90 Å². The molecule has 0 radical (unpaired) electrons. The van der Waals surface area contributed by atoms with E-state index in [4.69, 9.17) is 0 Å². The van der Waals surface area contributed by atoms with E-state index in [1.807, 2.05) is 0 Å². The minimum Gasteiger partial charge on any atom is -0.332 e. The fourth-order valence-electron chi connectivity index (χ4n) is 1.12. The lowest BCUT2D eigenvalue weighted by atomic mass is 10.4. The highest BCUT2D eigenvalue weighted by molar-refractivity contribution is 7.81. The van der Waals surface area contributed by atoms with E-state index >= 15 is 0 Å². The molecular weight excluding hydrogens is 191 g/mol. The minimum absolute atomic E-state index is 0.0987. The van der Waals surface area contributed by atoms with Crippen LogP contribution < -0.4 is 0 Å². The molecule has 1 rings (SSSR count). The fraction of sp³-hybridized carbons (Fsp3) is 0.833. The van der Waals surface area contributed by atoms with Gasteiger partial charge in [0.25, 0.3) is 0 Å². The Hall–Kier alpha value is -0.390. The van der Waals surface area contributed by atoms with Crippen LogP contribution in [-0.4, -0.2) is 35.3 Å². The number of nitrogens with zero attached hydrogens (tertiary/aromatic N) is 1. The summed E-state index contributed by atoms with van der Waals surface area (Å²) in [5, 5.41) is -0.250. The monoisotopic (exact) mass is 199 g/mol. The quantitative estimate of drug-likeness (QED) is 0.626. The third-order valence-corrected chi connectivity index (χ3v) is 1.91. The first kappa shape index (κ1) is 9.70. The molecule has 0 saturated carbocycles. The second kappa shape index (κ2) is 3.16. The van der Waals surface area contributed by atoms with Gasteiger partial charge in [-0.3, -0.25) is 4.79 Å². The maximum absolute atomic E-state index is 11.8. The van der Waals surface area contributed by atoms with Crippen LogP contribution in [0.1, 0.15) is 6.42 Å². The van der Waals surface area contributed by atoms with E-state index in [1.165, 1.54) is 0 Å². The number of rotatable bonds is 1. The first-order valence-corrected chi connectivity index (χ1v) is 3.93. The largest absolute Gasteiger partial charge is 0.406 e. The van der Waals surface area contributed by atoms with Crippen molar-refractivity contribution in [3.8, 4) is 0 Å². The van der Waals surface area contributed by atoms with Crippen LogP contribution in [-0.2, 0) is 4.79 Å². The Labute approximate surface area is 73.1 Å². The molecule has 0 aromatic carbocycles. The number of carbonyl (C=O) groups excluding carboxylic acids is 1. The van der Waals surface area contributed by atoms with Crippen LogP contribution >= 0.6 is 12.6 Å². The number of halogens is 3. The van der Waals surface area contributed by atoms with Gasteiger partial charge in [-0.25, -0.2) is 0 Å². The molecule has 1 saturated heterocycles. The molecule has 2 nitrogen and oxygen atoms in total. The van der Waals surface area contributed by atoms with Crippen molar-refractivity contribution in [3.05, 3.63) is 0 Å². The van der Waals surface area contributed by atoms with Crippen LogP contribution in [0, 0.1) is 0 Å². The van der Waals surface area contributed by atoms with Crippen molar-refractivity contribution in [2.24, 2.45) is 0 Å². The smallest absolute Gasteiger partial charge is 0.332 e. The van der Waals surface area contributed by atoms with Crippen LogP contribution in [0.3, 0.4) is 0 Å². The van der Waals surface area contributed by atoms with Crippen LogP contribution in [0.2, 0.25) is 0 Å². The number of hydrogen-bond acceptors (Lipinski definition) is 2. The Bertz CT molecular complexity index is 194. The molecule has 1 fully saturated rings. The molecule has 0 N–H and O–H groups in total. The van der Waals surface area contributed by atoms with E-state index in [0.717, 1.165) is 4.90 Å². The number of thiol groups is 1. The molecule has 0 aliphatic carbocycles. The molecule has 0 aromatic rings. The minimum atomic E-state index is -4.30. The fourth-order valence-corrected chi connectivity index (χ4v) is 1.47. The van der Waals surface area contributed by atoms with Gasteiger partial charge in [0.1, 0.15) is 6.54 Å². The van der Waals surface area contributed by atoms with Gasteiger partial charge in [-0.2, -0.15) is 25.8 Å². The summed E-state index contributed by atoms with van der Waals surface area (Å²) < 4.78 is 35.4. The zero-order valence-electron chi connectivity index (χ0n) is 6.14. The standard InChI is InChI=1S/C6H8F3NOS/c7-6(8,9)3-10-2-4(12)1-5(10)11/h4,12H,1-3H2. The summed E-state index contributed by atoms with van der Waals surface area (Å²) in [6.45, 7) is -1.05. The predicted molar refractivity (Wildman–Crippen MR) is 40.0 cm³/mol. The lowest BCUT2D eigenvalue weighted by Crippen LogP contribution is -2.35. The molecule has 6 heteroatoms. The van der Waals surface area contributed by atoms with Crippen LogP contribution in [0.5, 0.6) is 0 Å². The molecule has 1 unspecified atom stereocenters. The summed E-state index contributed by atoms with van der Waals surface area (Å²) in [5.41, 5.74) is 0. The van der Waals surface area contributed by atoms with E-state index in [2.05, 4.69) is 12.6 Å². The summed E-state index contributed by atoms with van der Waals surface area (Å²) in [4.78, 5) is 11.6. The zero-order chi connectivity index (χ0) is 9.35. The van der Waals surface area contributed by atoms with Gasteiger partial charge in [-0.15, -0.1) is 0 Å². The SMILES string of the molecule is O=C1CC(S)CN1CC(F)(F)F. The normalized spacial score (nSPS) is 25.2. The van der Waals surface area contributed by atoms with Gasteiger partial charge in [0.2, 0.25) is 5.91 Å². The Balaban J connectivity index is 2.49. The molecule has 12 heavy (non-hydrogen) atoms. The number of alkyl halides is 3. The molecule has 1 aliphatic rings. The van der Waals surface area contributed by atoms with Crippen molar-refractivity contribution in [2.45, 2.75) is 17.8 Å². The van der Waals surface area contributed by atoms with Crippen LogP contribution in [0.25, 0.3) is 0 Å². The van der Waals surface area contributed by atoms with E-state index in [-0.39, 0.29) is 18.2 Å². The molecule has 70 valence electrons. The maximum atomic E-state index is 11.8. The van der Waals surface area contributed by atoms with E-state index in [1.54, 1.807) is 0 Å². The lowest BCUT2D eigenvalue weighted by molar-refractivity contribution is -0.157. The molecule has 0 spiro atoms. The van der Waals surface area contributed by atoms with Crippen molar-refractivity contribution in [3.63, 3.8) is 0 Å². The van der Waals surface area contributed by atoms with Gasteiger partial charge in [-0.05, 0) is 0 Å².